The van der Waals surface area contributed by atoms with Crippen LogP contribution in [0.2, 0.25) is 0 Å². The number of rotatable bonds is 7. The lowest BCUT2D eigenvalue weighted by atomic mass is 9.76. The van der Waals surface area contributed by atoms with Crippen LogP contribution >= 0.6 is 0 Å². The first-order valence-corrected chi connectivity index (χ1v) is 11.4. The van der Waals surface area contributed by atoms with E-state index in [0.29, 0.717) is 12.1 Å². The van der Waals surface area contributed by atoms with Gasteiger partial charge in [-0.2, -0.15) is 26.3 Å². The second kappa shape index (κ2) is 10.3. The Morgan fingerprint density at radius 1 is 1.03 bits per heavy atom. The minimum Gasteiger partial charge on any atom is -0.372 e. The fourth-order valence-corrected chi connectivity index (χ4v) is 4.43. The van der Waals surface area contributed by atoms with Crippen molar-refractivity contribution in [3.63, 3.8) is 0 Å². The molecular weight excluding hydrogens is 504 g/mol. The van der Waals surface area contributed by atoms with E-state index in [1.54, 1.807) is 30.3 Å². The average molecular weight is 531 g/mol. The molecule has 37 heavy (non-hydrogen) atoms. The molecule has 202 valence electrons. The molecule has 4 N–H and O–H groups in total. The Hall–Kier alpha value is -3.12. The number of nitrogens with one attached hydrogen (secondary N) is 2. The van der Waals surface area contributed by atoms with Crippen LogP contribution in [0.25, 0.3) is 0 Å². The molecule has 0 spiro atoms. The van der Waals surface area contributed by atoms with Crippen molar-refractivity contribution in [3.05, 3.63) is 70.8 Å². The molecule has 0 aliphatic carbocycles. The second-order valence-corrected chi connectivity index (χ2v) is 9.22. The molecule has 12 heteroatoms. The molecule has 0 unspecified atom stereocenters. The summed E-state index contributed by atoms with van der Waals surface area (Å²) in [5, 5.41) is 5.79. The predicted octanol–water partition coefficient (Wildman–Crippen LogP) is 4.44. The van der Waals surface area contributed by atoms with Gasteiger partial charge in [0.15, 0.2) is 0 Å². The summed E-state index contributed by atoms with van der Waals surface area (Å²) in [6, 6.07) is 10.2. The maximum absolute atomic E-state index is 13.3. The van der Waals surface area contributed by atoms with Gasteiger partial charge in [-0.05, 0) is 49.1 Å². The lowest BCUT2D eigenvalue weighted by molar-refractivity contribution is -0.143. The number of hydrogen-bond acceptors (Lipinski definition) is 4. The van der Waals surface area contributed by atoms with E-state index in [-0.39, 0.29) is 37.6 Å². The number of piperidine rings is 1. The second-order valence-electron chi connectivity index (χ2n) is 9.22. The average Bonchev–Trinajstić information content (AvgIpc) is 2.82. The quantitative estimate of drug-likeness (QED) is 0.461. The first-order chi connectivity index (χ1) is 17.1. The smallest absolute Gasteiger partial charge is 0.372 e. The summed E-state index contributed by atoms with van der Waals surface area (Å²) in [6.45, 7) is 2.40. The lowest BCUT2D eigenvalue weighted by Gasteiger charge is -2.46. The largest absolute Gasteiger partial charge is 0.416 e. The molecule has 1 heterocycles. The van der Waals surface area contributed by atoms with E-state index in [1.807, 2.05) is 0 Å². The van der Waals surface area contributed by atoms with Gasteiger partial charge in [-0.25, -0.2) is 0 Å². The number of carbonyl (C=O) groups excluding carboxylic acids is 2. The summed E-state index contributed by atoms with van der Waals surface area (Å²) in [4.78, 5) is 23.9. The summed E-state index contributed by atoms with van der Waals surface area (Å²) in [5.74, 6) is -1.20. The highest BCUT2D eigenvalue weighted by Gasteiger charge is 2.48. The molecule has 6 nitrogen and oxygen atoms in total. The van der Waals surface area contributed by atoms with E-state index in [0.717, 1.165) is 5.56 Å². The molecule has 0 aromatic heterocycles. The molecule has 0 saturated carbocycles. The SMILES string of the molecule is CC(=O)N[C@]1(C(N)=O)CC[C@@](CO[C@H](C)c2cc(C(F)(F)F)cc(C(F)(F)F)c2)(c2ccccc2)NC1. The fraction of sp³-hybridized carbons (Fsp3) is 0.440. The van der Waals surface area contributed by atoms with Gasteiger partial charge < -0.3 is 21.1 Å². The van der Waals surface area contributed by atoms with Crippen molar-refractivity contribution in [2.45, 2.75) is 56.2 Å². The van der Waals surface area contributed by atoms with Gasteiger partial charge in [-0.1, -0.05) is 30.3 Å². The zero-order valence-electron chi connectivity index (χ0n) is 20.1. The number of halogens is 6. The van der Waals surface area contributed by atoms with Crippen LogP contribution < -0.4 is 16.4 Å². The number of ether oxygens (including phenoxy) is 1. The van der Waals surface area contributed by atoms with E-state index in [9.17, 15) is 35.9 Å². The Bertz CT molecular complexity index is 1090. The van der Waals surface area contributed by atoms with Gasteiger partial charge in [0.25, 0.3) is 0 Å². The van der Waals surface area contributed by atoms with Crippen LogP contribution in [0.1, 0.15) is 55.0 Å². The van der Waals surface area contributed by atoms with Crippen molar-refractivity contribution >= 4 is 11.8 Å². The van der Waals surface area contributed by atoms with E-state index in [4.69, 9.17) is 10.5 Å². The number of primary amides is 1. The summed E-state index contributed by atoms with van der Waals surface area (Å²) < 4.78 is 85.7. The van der Waals surface area contributed by atoms with Gasteiger partial charge in [0.1, 0.15) is 5.54 Å². The molecule has 0 radical (unpaired) electrons. The zero-order chi connectivity index (χ0) is 27.6. The minimum atomic E-state index is -4.98. The zero-order valence-corrected chi connectivity index (χ0v) is 20.1. The normalized spacial score (nSPS) is 23.4. The molecule has 1 aliphatic rings. The van der Waals surface area contributed by atoms with Crippen LogP contribution in [0.5, 0.6) is 0 Å². The Kier molecular flexibility index (Phi) is 7.94. The number of carbonyl (C=O) groups is 2. The first-order valence-electron chi connectivity index (χ1n) is 11.4. The van der Waals surface area contributed by atoms with E-state index in [2.05, 4.69) is 10.6 Å². The monoisotopic (exact) mass is 531 g/mol. The Balaban J connectivity index is 1.90. The first kappa shape index (κ1) is 28.5. The predicted molar refractivity (Wildman–Crippen MR) is 122 cm³/mol. The van der Waals surface area contributed by atoms with Gasteiger partial charge in [0.2, 0.25) is 11.8 Å². The molecule has 3 rings (SSSR count). The number of hydrogen-bond donors (Lipinski definition) is 3. The van der Waals surface area contributed by atoms with Crippen LogP contribution in [0.15, 0.2) is 48.5 Å². The van der Waals surface area contributed by atoms with E-state index in [1.165, 1.54) is 13.8 Å². The molecule has 1 saturated heterocycles. The van der Waals surface area contributed by atoms with Crippen molar-refractivity contribution in [1.82, 2.24) is 10.6 Å². The van der Waals surface area contributed by atoms with E-state index >= 15 is 0 Å². The Labute approximate surface area is 209 Å². The van der Waals surface area contributed by atoms with E-state index < -0.39 is 52.5 Å². The Morgan fingerprint density at radius 3 is 2.03 bits per heavy atom. The number of amides is 2. The lowest BCUT2D eigenvalue weighted by Crippen LogP contribution is -2.69. The van der Waals surface area contributed by atoms with Crippen molar-refractivity contribution in [2.75, 3.05) is 13.2 Å². The third kappa shape index (κ3) is 6.42. The van der Waals surface area contributed by atoms with Crippen LogP contribution in [0.4, 0.5) is 26.3 Å². The van der Waals surface area contributed by atoms with Gasteiger partial charge >= 0.3 is 12.4 Å². The highest BCUT2D eigenvalue weighted by molar-refractivity contribution is 5.90. The molecular formula is C25H27F6N3O3. The standard InChI is InChI=1S/C25H27F6N3O3/c1-15(17-10-19(24(26,27)28)12-20(11-17)25(29,30)31)37-14-23(18-6-4-3-5-7-18)9-8-22(13-33-23,21(32)36)34-16(2)35/h3-7,10-12,15,33H,8-9,13-14H2,1-2H3,(H2,32,36)(H,34,35)/t15-,22-,23-/m1/s1. The highest BCUT2D eigenvalue weighted by Crippen LogP contribution is 2.39. The van der Waals surface area contributed by atoms with Gasteiger partial charge in [0.05, 0.1) is 29.4 Å². The third-order valence-electron chi connectivity index (χ3n) is 6.58. The van der Waals surface area contributed by atoms with Crippen molar-refractivity contribution in [1.29, 1.82) is 0 Å². The highest BCUT2D eigenvalue weighted by atomic mass is 19.4. The molecule has 2 amide bonds. The van der Waals surface area contributed by atoms with Crippen LogP contribution in [-0.4, -0.2) is 30.5 Å². The maximum atomic E-state index is 13.3. The molecule has 3 atom stereocenters. The van der Waals surface area contributed by atoms with Gasteiger partial charge in [-0.15, -0.1) is 0 Å². The minimum absolute atomic E-state index is 0.0592. The molecule has 1 fully saturated rings. The summed E-state index contributed by atoms with van der Waals surface area (Å²) in [7, 11) is 0. The maximum Gasteiger partial charge on any atom is 0.416 e. The summed E-state index contributed by atoms with van der Waals surface area (Å²) in [6.07, 6.45) is -10.7. The fourth-order valence-electron chi connectivity index (χ4n) is 4.43. The summed E-state index contributed by atoms with van der Waals surface area (Å²) >= 11 is 0. The molecule has 2 aromatic carbocycles. The van der Waals surface area contributed by atoms with Crippen molar-refractivity contribution in [2.24, 2.45) is 5.73 Å². The third-order valence-corrected chi connectivity index (χ3v) is 6.58. The van der Waals surface area contributed by atoms with Crippen molar-refractivity contribution < 1.29 is 40.7 Å². The van der Waals surface area contributed by atoms with Gasteiger partial charge in [0, 0.05) is 13.5 Å². The Morgan fingerprint density at radius 2 is 1.59 bits per heavy atom. The van der Waals surface area contributed by atoms with Crippen molar-refractivity contribution in [3.8, 4) is 0 Å². The molecule has 1 aliphatic heterocycles. The number of nitrogens with two attached hydrogens (primary N) is 1. The topological polar surface area (TPSA) is 93.5 Å². The molecule has 2 aromatic rings. The summed E-state index contributed by atoms with van der Waals surface area (Å²) in [5.41, 5.74) is 0.829. The van der Waals surface area contributed by atoms with Crippen LogP contribution in [-0.2, 0) is 32.2 Å². The van der Waals surface area contributed by atoms with Crippen LogP contribution in [0.3, 0.4) is 0 Å². The number of benzene rings is 2. The molecule has 0 bridgehead atoms. The van der Waals surface area contributed by atoms with Gasteiger partial charge in [-0.3, -0.25) is 9.59 Å². The van der Waals surface area contributed by atoms with Crippen LogP contribution in [0, 0.1) is 0 Å². The number of alkyl halides is 6.